The average Bonchev–Trinajstić information content (AvgIpc) is 2.45. The minimum Gasteiger partial charge on any atom is -0.453 e. The van der Waals surface area contributed by atoms with Crippen molar-refractivity contribution < 1.29 is 23.1 Å². The summed E-state index contributed by atoms with van der Waals surface area (Å²) in [5.41, 5.74) is 1.82. The van der Waals surface area contributed by atoms with Gasteiger partial charge in [0.25, 0.3) is 11.7 Å². The van der Waals surface area contributed by atoms with E-state index in [4.69, 9.17) is 4.74 Å². The number of halogens is 2. The second-order valence-corrected chi connectivity index (χ2v) is 6.02. The van der Waals surface area contributed by atoms with Gasteiger partial charge in [0.05, 0.1) is 0 Å². The van der Waals surface area contributed by atoms with Gasteiger partial charge in [-0.2, -0.15) is 8.78 Å². The van der Waals surface area contributed by atoms with Gasteiger partial charge >= 0.3 is 5.97 Å². The van der Waals surface area contributed by atoms with E-state index >= 15 is 0 Å². The lowest BCUT2D eigenvalue weighted by atomic mass is 10.1. The quantitative estimate of drug-likeness (QED) is 0.435. The highest BCUT2D eigenvalue weighted by Gasteiger charge is 2.18. The second-order valence-electron chi connectivity index (χ2n) is 5.06. The lowest BCUT2D eigenvalue weighted by Gasteiger charge is -2.13. The molecule has 1 rings (SSSR count). The summed E-state index contributed by atoms with van der Waals surface area (Å²) in [5.74, 6) is -3.45. The van der Waals surface area contributed by atoms with Crippen LogP contribution in [0.5, 0.6) is 0 Å². The number of carbonyl (C=O) groups excluding carboxylic acids is 2. The van der Waals surface area contributed by atoms with Gasteiger partial charge < -0.3 is 10.1 Å². The first-order valence-electron chi connectivity index (χ1n) is 7.50. The maximum Gasteiger partial charge on any atom is 0.306 e. The third-order valence-electron chi connectivity index (χ3n) is 3.20. The number of hydrogen-bond acceptors (Lipinski definition) is 6. The van der Waals surface area contributed by atoms with E-state index in [9.17, 15) is 18.4 Å². The van der Waals surface area contributed by atoms with Crippen molar-refractivity contribution in [1.82, 2.24) is 15.3 Å². The number of ether oxygens (including phenoxy) is 1. The van der Waals surface area contributed by atoms with E-state index in [1.165, 1.54) is 6.92 Å². The summed E-state index contributed by atoms with van der Waals surface area (Å²) in [7, 11) is 0. The van der Waals surface area contributed by atoms with Crippen molar-refractivity contribution in [1.29, 1.82) is 0 Å². The number of hydrogen-bond donors (Lipinski definition) is 1. The molecule has 9 heteroatoms. The number of alkyl halides is 2. The van der Waals surface area contributed by atoms with Crippen molar-refractivity contribution >= 4 is 23.6 Å². The van der Waals surface area contributed by atoms with Crippen LogP contribution in [0.3, 0.4) is 0 Å². The molecule has 0 saturated heterocycles. The van der Waals surface area contributed by atoms with E-state index in [1.807, 2.05) is 0 Å². The first-order chi connectivity index (χ1) is 11.2. The lowest BCUT2D eigenvalue weighted by Crippen LogP contribution is -2.35. The minimum atomic E-state index is -2.58. The molecule has 0 aliphatic rings. The Bertz CT molecular complexity index is 576. The summed E-state index contributed by atoms with van der Waals surface area (Å²) in [4.78, 5) is 31.4. The molecule has 0 spiro atoms. The van der Waals surface area contributed by atoms with E-state index in [0.29, 0.717) is 24.4 Å². The number of likely N-dealkylation sites (N-methyl/N-ethyl adjacent to an activating group) is 1. The molecule has 1 N–H and O–H groups in total. The maximum atomic E-state index is 12.4. The highest BCUT2D eigenvalue weighted by Crippen LogP contribution is 2.24. The van der Waals surface area contributed by atoms with Gasteiger partial charge in [-0.1, -0.05) is 0 Å². The Kier molecular flexibility index (Phi) is 8.03. The van der Waals surface area contributed by atoms with Gasteiger partial charge in [0.15, 0.2) is 11.3 Å². The summed E-state index contributed by atoms with van der Waals surface area (Å²) in [6, 6.07) is 0. The largest absolute Gasteiger partial charge is 0.453 e. The van der Waals surface area contributed by atoms with Crippen molar-refractivity contribution in [2.24, 2.45) is 0 Å². The van der Waals surface area contributed by atoms with Gasteiger partial charge in [-0.25, -0.2) is 9.97 Å². The van der Waals surface area contributed by atoms with E-state index in [2.05, 4.69) is 15.3 Å². The molecular weight excluding hydrogens is 340 g/mol. The zero-order chi connectivity index (χ0) is 18.3. The standard InChI is InChI=1S/C15H21F2N3O3S/c1-5-18-13(22)10(4)23-12(21)7-6-11-8(2)19-15(20-9(11)3)24-14(16)17/h10,14H,5-7H2,1-4H3,(H,18,22)/t10-/m1/s1. The Morgan fingerprint density at radius 2 is 1.83 bits per heavy atom. The van der Waals surface area contributed by atoms with Gasteiger partial charge in [-0.15, -0.1) is 0 Å². The Hall–Kier alpha value is -1.77. The molecule has 1 amide bonds. The van der Waals surface area contributed by atoms with Crippen molar-refractivity contribution in [3.8, 4) is 0 Å². The molecule has 0 aromatic carbocycles. The molecule has 1 heterocycles. The predicted molar refractivity (Wildman–Crippen MR) is 85.9 cm³/mol. The fraction of sp³-hybridized carbons (Fsp3) is 0.600. The highest BCUT2D eigenvalue weighted by molar-refractivity contribution is 7.99. The van der Waals surface area contributed by atoms with E-state index in [-0.39, 0.29) is 29.2 Å². The van der Waals surface area contributed by atoms with Gasteiger partial charge in [-0.05, 0) is 51.4 Å². The molecule has 1 aromatic heterocycles. The maximum absolute atomic E-state index is 12.4. The average molecular weight is 361 g/mol. The molecule has 1 atom stereocenters. The molecular formula is C15H21F2N3O3S. The Morgan fingerprint density at radius 3 is 2.33 bits per heavy atom. The van der Waals surface area contributed by atoms with Crippen LogP contribution in [-0.2, 0) is 20.7 Å². The molecule has 0 saturated carbocycles. The van der Waals surface area contributed by atoms with Gasteiger partial charge in [0.2, 0.25) is 0 Å². The number of aryl methyl sites for hydroxylation is 2. The molecule has 1 aromatic rings. The Morgan fingerprint density at radius 1 is 1.25 bits per heavy atom. The number of carbonyl (C=O) groups is 2. The third-order valence-corrected chi connectivity index (χ3v) is 3.77. The highest BCUT2D eigenvalue weighted by atomic mass is 32.2. The van der Waals surface area contributed by atoms with Crippen molar-refractivity contribution in [2.45, 2.75) is 57.6 Å². The molecule has 134 valence electrons. The number of nitrogens with one attached hydrogen (secondary N) is 1. The molecule has 6 nitrogen and oxygen atoms in total. The fourth-order valence-electron chi connectivity index (χ4n) is 2.06. The number of thioether (sulfide) groups is 1. The smallest absolute Gasteiger partial charge is 0.306 e. The Labute approximate surface area is 143 Å². The Balaban J connectivity index is 2.64. The SMILES string of the molecule is CCNC(=O)[C@@H](C)OC(=O)CCc1c(C)nc(SC(F)F)nc1C. The van der Waals surface area contributed by atoms with Crippen molar-refractivity contribution in [3.05, 3.63) is 17.0 Å². The van der Waals surface area contributed by atoms with Crippen LogP contribution in [0.2, 0.25) is 0 Å². The number of amides is 1. The van der Waals surface area contributed by atoms with Crippen LogP contribution in [0.25, 0.3) is 0 Å². The molecule has 0 aliphatic carbocycles. The second kappa shape index (κ2) is 9.51. The summed E-state index contributed by atoms with van der Waals surface area (Å²) >= 11 is 0.284. The van der Waals surface area contributed by atoms with E-state index in [0.717, 1.165) is 5.56 Å². The van der Waals surface area contributed by atoms with Gasteiger partial charge in [-0.3, -0.25) is 9.59 Å². The lowest BCUT2D eigenvalue weighted by molar-refractivity contribution is -0.154. The summed E-state index contributed by atoms with van der Waals surface area (Å²) in [6.07, 6.45) is -0.491. The van der Waals surface area contributed by atoms with E-state index < -0.39 is 17.8 Å². The van der Waals surface area contributed by atoms with Crippen LogP contribution in [0.4, 0.5) is 8.78 Å². The normalized spacial score (nSPS) is 12.1. The van der Waals surface area contributed by atoms with Crippen LogP contribution >= 0.6 is 11.8 Å². The summed E-state index contributed by atoms with van der Waals surface area (Å²) < 4.78 is 29.8. The molecule has 0 aliphatic heterocycles. The molecule has 0 radical (unpaired) electrons. The predicted octanol–water partition coefficient (Wildman–Crippen LogP) is 2.41. The molecule has 24 heavy (non-hydrogen) atoms. The summed E-state index contributed by atoms with van der Waals surface area (Å²) in [5, 5.41) is 2.58. The third kappa shape index (κ3) is 6.38. The molecule has 0 bridgehead atoms. The van der Waals surface area contributed by atoms with E-state index in [1.54, 1.807) is 20.8 Å². The molecule has 0 unspecified atom stereocenters. The number of rotatable bonds is 8. The van der Waals surface area contributed by atoms with Gasteiger partial charge in [0, 0.05) is 24.4 Å². The monoisotopic (exact) mass is 361 g/mol. The van der Waals surface area contributed by atoms with Crippen LogP contribution in [0.1, 0.15) is 37.2 Å². The minimum absolute atomic E-state index is 0.0104. The zero-order valence-corrected chi connectivity index (χ0v) is 14.9. The van der Waals surface area contributed by atoms with Gasteiger partial charge in [0.1, 0.15) is 0 Å². The first kappa shape index (κ1) is 20.3. The number of esters is 1. The van der Waals surface area contributed by atoms with Crippen molar-refractivity contribution in [2.75, 3.05) is 6.54 Å². The van der Waals surface area contributed by atoms with Crippen LogP contribution in [-0.4, -0.2) is 40.3 Å². The zero-order valence-electron chi connectivity index (χ0n) is 14.1. The summed E-state index contributed by atoms with van der Waals surface area (Å²) in [6.45, 7) is 7.09. The fourth-order valence-corrected chi connectivity index (χ4v) is 2.60. The van der Waals surface area contributed by atoms with Crippen LogP contribution < -0.4 is 5.32 Å². The van der Waals surface area contributed by atoms with Crippen molar-refractivity contribution in [3.63, 3.8) is 0 Å². The molecule has 0 fully saturated rings. The first-order valence-corrected chi connectivity index (χ1v) is 8.38. The number of nitrogens with zero attached hydrogens (tertiary/aromatic N) is 2. The van der Waals surface area contributed by atoms with Crippen LogP contribution in [0.15, 0.2) is 5.16 Å². The topological polar surface area (TPSA) is 81.2 Å². The van der Waals surface area contributed by atoms with Crippen LogP contribution in [0, 0.1) is 13.8 Å². The number of aromatic nitrogens is 2.